The van der Waals surface area contributed by atoms with Crippen LogP contribution in [0.5, 0.6) is 0 Å². The molecule has 21 heavy (non-hydrogen) atoms. The Morgan fingerprint density at radius 1 is 1.33 bits per heavy atom. The Morgan fingerprint density at radius 3 is 2.67 bits per heavy atom. The van der Waals surface area contributed by atoms with Crippen molar-refractivity contribution in [3.63, 3.8) is 0 Å². The molecule has 0 unspecified atom stereocenters. The van der Waals surface area contributed by atoms with E-state index in [1.165, 1.54) is 6.20 Å². The van der Waals surface area contributed by atoms with Gasteiger partial charge in [0, 0.05) is 22.8 Å². The number of nitro benzene ring substituents is 1. The van der Waals surface area contributed by atoms with Gasteiger partial charge in [0.25, 0.3) is 11.6 Å². The largest absolute Gasteiger partial charge is 0.306 e. The summed E-state index contributed by atoms with van der Waals surface area (Å²) in [6.07, 6.45) is 1.49. The van der Waals surface area contributed by atoms with Crippen LogP contribution in [0.4, 0.5) is 11.5 Å². The van der Waals surface area contributed by atoms with Crippen molar-refractivity contribution in [2.24, 2.45) is 0 Å². The van der Waals surface area contributed by atoms with Crippen molar-refractivity contribution in [2.75, 3.05) is 5.32 Å². The summed E-state index contributed by atoms with van der Waals surface area (Å²) in [5.74, 6) is -0.371. The van der Waals surface area contributed by atoms with Crippen LogP contribution < -0.4 is 5.32 Å². The highest BCUT2D eigenvalue weighted by molar-refractivity contribution is 9.10. The Bertz CT molecular complexity index is 740. The molecule has 0 radical (unpaired) electrons. The summed E-state index contributed by atoms with van der Waals surface area (Å²) in [5.41, 5.74) is -0.422. The number of pyridine rings is 1. The number of non-ortho nitro benzene ring substituents is 1. The van der Waals surface area contributed by atoms with Gasteiger partial charge < -0.3 is 5.32 Å². The quantitative estimate of drug-likeness (QED) is 0.624. The maximum absolute atomic E-state index is 12.1. The van der Waals surface area contributed by atoms with Crippen molar-refractivity contribution in [1.29, 1.82) is 0 Å². The molecular formula is C12H6BrCl2N3O3. The van der Waals surface area contributed by atoms with E-state index in [1.54, 1.807) is 12.1 Å². The van der Waals surface area contributed by atoms with Crippen molar-refractivity contribution in [3.05, 3.63) is 60.7 Å². The number of nitrogens with zero attached hydrogens (tertiary/aromatic N) is 2. The van der Waals surface area contributed by atoms with E-state index < -0.39 is 10.8 Å². The van der Waals surface area contributed by atoms with E-state index in [1.807, 2.05) is 0 Å². The molecule has 1 heterocycles. The van der Waals surface area contributed by atoms with Gasteiger partial charge >= 0.3 is 0 Å². The minimum atomic E-state index is -0.656. The van der Waals surface area contributed by atoms with Gasteiger partial charge in [-0.25, -0.2) is 4.98 Å². The summed E-state index contributed by atoms with van der Waals surface area (Å²) < 4.78 is 0.718. The molecule has 0 saturated heterocycles. The molecular weight excluding hydrogens is 385 g/mol. The van der Waals surface area contributed by atoms with Gasteiger partial charge in [-0.3, -0.25) is 14.9 Å². The molecule has 0 aliphatic carbocycles. The Labute approximate surface area is 137 Å². The third kappa shape index (κ3) is 3.69. The minimum absolute atomic E-state index is 0.0604. The van der Waals surface area contributed by atoms with Crippen molar-refractivity contribution >= 4 is 56.5 Å². The monoisotopic (exact) mass is 389 g/mol. The lowest BCUT2D eigenvalue weighted by atomic mass is 10.2. The number of carbonyl (C=O) groups is 1. The van der Waals surface area contributed by atoms with Crippen LogP contribution in [0.25, 0.3) is 0 Å². The summed E-state index contributed by atoms with van der Waals surface area (Å²) in [6.45, 7) is 0. The first-order valence-electron chi connectivity index (χ1n) is 5.45. The highest BCUT2D eigenvalue weighted by atomic mass is 79.9. The van der Waals surface area contributed by atoms with Gasteiger partial charge in [0.05, 0.1) is 20.5 Å². The molecule has 0 atom stereocenters. The average molecular weight is 391 g/mol. The Hall–Kier alpha value is -1.70. The second kappa shape index (κ2) is 6.38. The molecule has 0 saturated carbocycles. The van der Waals surface area contributed by atoms with Gasteiger partial charge in [-0.15, -0.1) is 0 Å². The topological polar surface area (TPSA) is 85.1 Å². The molecule has 108 valence electrons. The molecule has 1 aromatic carbocycles. The summed E-state index contributed by atoms with van der Waals surface area (Å²) in [7, 11) is 0. The molecule has 2 rings (SSSR count). The highest BCUT2D eigenvalue weighted by Gasteiger charge is 2.19. The first kappa shape index (κ1) is 15.7. The summed E-state index contributed by atoms with van der Waals surface area (Å²) in [6, 6.07) is 5.40. The maximum Gasteiger partial charge on any atom is 0.271 e. The number of halogens is 3. The summed E-state index contributed by atoms with van der Waals surface area (Å²) >= 11 is 15.0. The van der Waals surface area contributed by atoms with E-state index in [-0.39, 0.29) is 27.1 Å². The molecule has 0 aliphatic heterocycles. The van der Waals surface area contributed by atoms with E-state index in [9.17, 15) is 14.9 Å². The number of nitrogens with one attached hydrogen (secondary N) is 1. The van der Waals surface area contributed by atoms with E-state index >= 15 is 0 Å². The molecule has 1 N–H and O–H groups in total. The van der Waals surface area contributed by atoms with Crippen molar-refractivity contribution in [2.45, 2.75) is 0 Å². The molecule has 0 spiro atoms. The first-order chi connectivity index (χ1) is 9.88. The third-order valence-electron chi connectivity index (χ3n) is 2.43. The van der Waals surface area contributed by atoms with Gasteiger partial charge in [0.1, 0.15) is 5.82 Å². The number of anilines is 1. The number of rotatable bonds is 3. The van der Waals surface area contributed by atoms with E-state index in [2.05, 4.69) is 26.2 Å². The molecule has 2 aromatic rings. The van der Waals surface area contributed by atoms with Gasteiger partial charge in [-0.1, -0.05) is 39.1 Å². The number of aromatic nitrogens is 1. The number of hydrogen-bond acceptors (Lipinski definition) is 4. The number of amides is 1. The predicted octanol–water partition coefficient (Wildman–Crippen LogP) is 4.31. The number of nitro groups is 1. The molecule has 1 aromatic heterocycles. The van der Waals surface area contributed by atoms with Crippen LogP contribution in [0.2, 0.25) is 10.0 Å². The lowest BCUT2D eigenvalue weighted by Crippen LogP contribution is -2.14. The number of carbonyl (C=O) groups excluding carboxylic acids is 1. The fourth-order valence-corrected chi connectivity index (χ4v) is 2.25. The molecule has 1 amide bonds. The van der Waals surface area contributed by atoms with Crippen LogP contribution in [-0.2, 0) is 0 Å². The normalized spacial score (nSPS) is 10.2. The van der Waals surface area contributed by atoms with E-state index in [0.29, 0.717) is 0 Å². The van der Waals surface area contributed by atoms with Gasteiger partial charge in [-0.05, 0) is 12.1 Å². The van der Waals surface area contributed by atoms with Gasteiger partial charge in [-0.2, -0.15) is 0 Å². The zero-order chi connectivity index (χ0) is 15.6. The van der Waals surface area contributed by atoms with Crippen LogP contribution in [0, 0.1) is 10.1 Å². The van der Waals surface area contributed by atoms with Crippen molar-refractivity contribution < 1.29 is 9.72 Å². The molecule has 0 aliphatic rings. The van der Waals surface area contributed by atoms with Gasteiger partial charge in [0.2, 0.25) is 0 Å². The zero-order valence-electron chi connectivity index (χ0n) is 10.1. The molecule has 6 nitrogen and oxygen atoms in total. The van der Waals surface area contributed by atoms with Gasteiger partial charge in [0.15, 0.2) is 0 Å². The number of benzene rings is 1. The fourth-order valence-electron chi connectivity index (χ4n) is 1.50. The highest BCUT2D eigenvalue weighted by Crippen LogP contribution is 2.31. The Balaban J connectivity index is 2.37. The third-order valence-corrected chi connectivity index (χ3v) is 3.73. The minimum Gasteiger partial charge on any atom is -0.306 e. The van der Waals surface area contributed by atoms with E-state index in [4.69, 9.17) is 23.2 Å². The van der Waals surface area contributed by atoms with Crippen LogP contribution in [0.3, 0.4) is 0 Å². The summed E-state index contributed by atoms with van der Waals surface area (Å²) in [5, 5.41) is 13.2. The van der Waals surface area contributed by atoms with Crippen molar-refractivity contribution in [1.82, 2.24) is 4.98 Å². The second-order valence-electron chi connectivity index (χ2n) is 3.86. The lowest BCUT2D eigenvalue weighted by molar-refractivity contribution is -0.384. The van der Waals surface area contributed by atoms with Crippen LogP contribution in [-0.4, -0.2) is 15.8 Å². The Kier molecular flexibility index (Phi) is 4.76. The van der Waals surface area contributed by atoms with Crippen LogP contribution in [0.15, 0.2) is 34.9 Å². The maximum atomic E-state index is 12.1. The van der Waals surface area contributed by atoms with Crippen LogP contribution in [0.1, 0.15) is 10.4 Å². The number of hydrogen-bond donors (Lipinski definition) is 1. The fraction of sp³-hybridized carbons (Fsp3) is 0. The standard InChI is InChI=1S/C12H6BrCl2N3O3/c13-6-1-2-16-10(3-6)17-12(19)8-4-7(18(20)21)5-9(14)11(8)15/h1-5H,(H,16,17,19). The average Bonchev–Trinajstić information content (AvgIpc) is 2.41. The Morgan fingerprint density at radius 2 is 2.05 bits per heavy atom. The molecule has 0 fully saturated rings. The zero-order valence-corrected chi connectivity index (χ0v) is 13.2. The molecule has 0 bridgehead atoms. The van der Waals surface area contributed by atoms with Crippen LogP contribution >= 0.6 is 39.1 Å². The SMILES string of the molecule is O=C(Nc1cc(Br)ccn1)c1cc([N+](=O)[O-])cc(Cl)c1Cl. The predicted molar refractivity (Wildman–Crippen MR) is 83.0 cm³/mol. The molecule has 9 heteroatoms. The van der Waals surface area contributed by atoms with Crippen molar-refractivity contribution in [3.8, 4) is 0 Å². The smallest absolute Gasteiger partial charge is 0.271 e. The van der Waals surface area contributed by atoms with E-state index in [0.717, 1.165) is 16.6 Å². The lowest BCUT2D eigenvalue weighted by Gasteiger charge is -2.07. The second-order valence-corrected chi connectivity index (χ2v) is 5.56. The summed E-state index contributed by atoms with van der Waals surface area (Å²) in [4.78, 5) is 26.2. The first-order valence-corrected chi connectivity index (χ1v) is 6.99.